The molecule has 0 bridgehead atoms. The quantitative estimate of drug-likeness (QED) is 0.666. The molecule has 7 nitrogen and oxygen atoms in total. The number of amides is 1. The molecule has 0 aliphatic carbocycles. The van der Waals surface area contributed by atoms with Gasteiger partial charge in [0.2, 0.25) is 0 Å². The molecule has 1 fully saturated rings. The van der Waals surface area contributed by atoms with E-state index in [1.54, 1.807) is 6.07 Å². The Labute approximate surface area is 155 Å². The van der Waals surface area contributed by atoms with Crippen molar-refractivity contribution in [2.75, 3.05) is 29.9 Å². The highest BCUT2D eigenvalue weighted by atomic mass is 16.5. The van der Waals surface area contributed by atoms with Gasteiger partial charge in [0.15, 0.2) is 0 Å². The molecule has 7 heteroatoms. The molecule has 5 rings (SSSR count). The molecular formula is C20H20N4O3. The van der Waals surface area contributed by atoms with Gasteiger partial charge in [0.05, 0.1) is 29.0 Å². The van der Waals surface area contributed by atoms with Crippen LogP contribution in [0.25, 0.3) is 11.0 Å². The number of anilines is 2. The molecule has 27 heavy (non-hydrogen) atoms. The number of fused-ring (bicyclic) bond motifs is 2. The third-order valence-corrected chi connectivity index (χ3v) is 5.28. The van der Waals surface area contributed by atoms with Gasteiger partial charge in [-0.1, -0.05) is 0 Å². The van der Waals surface area contributed by atoms with Crippen molar-refractivity contribution in [1.82, 2.24) is 9.97 Å². The second-order valence-electron chi connectivity index (χ2n) is 7.06. The van der Waals surface area contributed by atoms with E-state index in [1.807, 2.05) is 24.3 Å². The third-order valence-electron chi connectivity index (χ3n) is 5.28. The van der Waals surface area contributed by atoms with E-state index in [0.29, 0.717) is 23.4 Å². The van der Waals surface area contributed by atoms with Crippen molar-refractivity contribution in [3.63, 3.8) is 0 Å². The van der Waals surface area contributed by atoms with Crippen molar-refractivity contribution in [2.24, 2.45) is 0 Å². The summed E-state index contributed by atoms with van der Waals surface area (Å²) in [5.74, 6) is 0.693. The summed E-state index contributed by atoms with van der Waals surface area (Å²) in [6, 6.07) is 9.29. The normalized spacial score (nSPS) is 15.8. The van der Waals surface area contributed by atoms with Crippen LogP contribution in [0.3, 0.4) is 0 Å². The number of aromatic amines is 2. The van der Waals surface area contributed by atoms with Gasteiger partial charge in [-0.05, 0) is 48.7 Å². The number of nitrogens with zero attached hydrogens (tertiary/aromatic N) is 1. The van der Waals surface area contributed by atoms with E-state index >= 15 is 0 Å². The fraction of sp³-hybridized carbons (Fsp3) is 0.300. The van der Waals surface area contributed by atoms with Crippen LogP contribution in [-0.2, 0) is 6.42 Å². The monoisotopic (exact) mass is 364 g/mol. The van der Waals surface area contributed by atoms with Gasteiger partial charge in [0.25, 0.3) is 5.91 Å². The van der Waals surface area contributed by atoms with Gasteiger partial charge in [-0.25, -0.2) is 4.79 Å². The third kappa shape index (κ3) is 2.85. The van der Waals surface area contributed by atoms with Crippen molar-refractivity contribution in [1.29, 1.82) is 0 Å². The average Bonchev–Trinajstić information content (AvgIpc) is 3.40. The molecular weight excluding hydrogens is 344 g/mol. The second-order valence-corrected chi connectivity index (χ2v) is 7.06. The maximum Gasteiger partial charge on any atom is 0.323 e. The topological polar surface area (TPSA) is 90.2 Å². The molecule has 138 valence electrons. The first-order chi connectivity index (χ1) is 13.2. The number of ether oxygens (including phenoxy) is 1. The lowest BCUT2D eigenvalue weighted by Crippen LogP contribution is -2.21. The van der Waals surface area contributed by atoms with Crippen LogP contribution in [0.2, 0.25) is 0 Å². The lowest BCUT2D eigenvalue weighted by Gasteiger charge is -2.22. The highest BCUT2D eigenvalue weighted by molar-refractivity contribution is 6.07. The first-order valence-corrected chi connectivity index (χ1v) is 9.25. The Balaban J connectivity index is 1.52. The predicted octanol–water partition coefficient (Wildman–Crippen LogP) is 2.64. The standard InChI is InChI=1S/C20H20N4O3/c25-19(13-3-4-18-12(9-13)5-8-27-18)21-16-10-14-15(23-20(26)22-14)11-17(16)24-6-1-2-7-24/h3-4,9-11H,1-2,5-8H2,(H,21,25)(H2,22,23,26). The smallest absolute Gasteiger partial charge is 0.323 e. The van der Waals surface area contributed by atoms with Gasteiger partial charge < -0.3 is 24.9 Å². The summed E-state index contributed by atoms with van der Waals surface area (Å²) in [5, 5.41) is 3.04. The van der Waals surface area contributed by atoms with Crippen LogP contribution in [0.1, 0.15) is 28.8 Å². The number of benzene rings is 2. The largest absolute Gasteiger partial charge is 0.493 e. The van der Waals surface area contributed by atoms with Crippen LogP contribution in [-0.4, -0.2) is 35.6 Å². The van der Waals surface area contributed by atoms with Gasteiger partial charge in [-0.3, -0.25) is 4.79 Å². The number of rotatable bonds is 3. The molecule has 0 radical (unpaired) electrons. The maximum atomic E-state index is 12.9. The summed E-state index contributed by atoms with van der Waals surface area (Å²) in [7, 11) is 0. The van der Waals surface area contributed by atoms with Crippen LogP contribution in [0.5, 0.6) is 5.75 Å². The molecule has 3 aromatic rings. The van der Waals surface area contributed by atoms with Crippen molar-refractivity contribution in [3.8, 4) is 5.75 Å². The van der Waals surface area contributed by atoms with E-state index in [9.17, 15) is 9.59 Å². The van der Waals surface area contributed by atoms with Crippen LogP contribution in [0.15, 0.2) is 35.1 Å². The van der Waals surface area contributed by atoms with Crippen LogP contribution < -0.4 is 20.6 Å². The number of aromatic nitrogens is 2. The van der Waals surface area contributed by atoms with Gasteiger partial charge in [-0.2, -0.15) is 0 Å². The van der Waals surface area contributed by atoms with E-state index in [0.717, 1.165) is 54.9 Å². The minimum Gasteiger partial charge on any atom is -0.493 e. The number of carbonyl (C=O) groups excluding carboxylic acids is 1. The average molecular weight is 364 g/mol. The highest BCUT2D eigenvalue weighted by Crippen LogP contribution is 2.33. The number of hydrogen-bond donors (Lipinski definition) is 3. The fourth-order valence-corrected chi connectivity index (χ4v) is 3.91. The molecule has 1 amide bonds. The molecule has 3 N–H and O–H groups in total. The zero-order chi connectivity index (χ0) is 18.4. The van der Waals surface area contributed by atoms with Crippen molar-refractivity contribution in [3.05, 3.63) is 51.9 Å². The van der Waals surface area contributed by atoms with Gasteiger partial charge in [0, 0.05) is 25.1 Å². The highest BCUT2D eigenvalue weighted by Gasteiger charge is 2.20. The number of carbonyl (C=O) groups is 1. The molecule has 0 unspecified atom stereocenters. The molecule has 2 aliphatic heterocycles. The van der Waals surface area contributed by atoms with Gasteiger partial charge in [0.1, 0.15) is 5.75 Å². The summed E-state index contributed by atoms with van der Waals surface area (Å²) >= 11 is 0. The number of H-pyrrole nitrogens is 2. The predicted molar refractivity (Wildman–Crippen MR) is 104 cm³/mol. The van der Waals surface area contributed by atoms with E-state index in [4.69, 9.17) is 4.74 Å². The van der Waals surface area contributed by atoms with Crippen LogP contribution in [0.4, 0.5) is 11.4 Å². The van der Waals surface area contributed by atoms with E-state index < -0.39 is 0 Å². The van der Waals surface area contributed by atoms with Crippen LogP contribution in [0, 0.1) is 0 Å². The SMILES string of the molecule is O=C(Nc1cc2[nH]c(=O)[nH]c2cc1N1CCCC1)c1ccc2c(c1)CCO2. The van der Waals surface area contributed by atoms with Gasteiger partial charge >= 0.3 is 5.69 Å². The molecule has 1 saturated heterocycles. The van der Waals surface area contributed by atoms with E-state index in [2.05, 4.69) is 20.2 Å². The zero-order valence-electron chi connectivity index (χ0n) is 14.8. The van der Waals surface area contributed by atoms with Crippen molar-refractivity contribution >= 4 is 28.3 Å². The Morgan fingerprint density at radius 1 is 1.07 bits per heavy atom. The fourth-order valence-electron chi connectivity index (χ4n) is 3.91. The Hall–Kier alpha value is -3.22. The lowest BCUT2D eigenvalue weighted by molar-refractivity contribution is 0.102. The Kier molecular flexibility index (Phi) is 3.67. The van der Waals surface area contributed by atoms with Crippen molar-refractivity contribution < 1.29 is 9.53 Å². The zero-order valence-corrected chi connectivity index (χ0v) is 14.8. The summed E-state index contributed by atoms with van der Waals surface area (Å²) in [5.41, 5.74) is 4.49. The van der Waals surface area contributed by atoms with E-state index in [1.165, 1.54) is 0 Å². The Morgan fingerprint density at radius 3 is 2.67 bits per heavy atom. The molecule has 0 atom stereocenters. The minimum atomic E-state index is -0.250. The summed E-state index contributed by atoms with van der Waals surface area (Å²) in [6.45, 7) is 2.55. The lowest BCUT2D eigenvalue weighted by atomic mass is 10.1. The number of hydrogen-bond acceptors (Lipinski definition) is 4. The maximum absolute atomic E-state index is 12.9. The van der Waals surface area contributed by atoms with Crippen molar-refractivity contribution in [2.45, 2.75) is 19.3 Å². The number of imidazole rings is 1. The molecule has 3 heterocycles. The second kappa shape index (κ2) is 6.19. The first kappa shape index (κ1) is 16.0. The summed E-state index contributed by atoms with van der Waals surface area (Å²) < 4.78 is 5.51. The van der Waals surface area contributed by atoms with Crippen LogP contribution >= 0.6 is 0 Å². The number of nitrogens with one attached hydrogen (secondary N) is 3. The Morgan fingerprint density at radius 2 is 1.85 bits per heavy atom. The summed E-state index contributed by atoms with van der Waals surface area (Å²) in [4.78, 5) is 32.3. The van der Waals surface area contributed by atoms with Gasteiger partial charge in [-0.15, -0.1) is 0 Å². The molecule has 0 saturated carbocycles. The summed E-state index contributed by atoms with van der Waals surface area (Å²) in [6.07, 6.45) is 3.08. The Bertz CT molecular complexity index is 1090. The molecule has 0 spiro atoms. The molecule has 2 aliphatic rings. The first-order valence-electron chi connectivity index (χ1n) is 9.25. The molecule has 1 aromatic heterocycles. The minimum absolute atomic E-state index is 0.164. The van der Waals surface area contributed by atoms with E-state index in [-0.39, 0.29) is 11.6 Å². The molecule has 2 aromatic carbocycles.